The molecule has 0 unspecified atom stereocenters. The largest absolute Gasteiger partial charge is 0.497 e. The normalized spacial score (nSPS) is 27.0. The van der Waals surface area contributed by atoms with Crippen molar-refractivity contribution < 1.29 is 55.3 Å². The first kappa shape index (κ1) is 48.8. The highest BCUT2D eigenvalue weighted by Gasteiger charge is 2.62. The number of rotatable bonds is 13. The lowest BCUT2D eigenvalue weighted by molar-refractivity contribution is -0.197. The average Bonchev–Trinajstić information content (AvgIpc) is 4.17. The number of sulfonamides is 1. The zero-order chi connectivity index (χ0) is 47.9. The number of esters is 1. The first-order valence-electron chi connectivity index (χ1n) is 23.1. The van der Waals surface area contributed by atoms with Crippen molar-refractivity contribution in [1.82, 2.24) is 14.6 Å². The van der Waals surface area contributed by atoms with Gasteiger partial charge in [0.25, 0.3) is 5.92 Å². The van der Waals surface area contributed by atoms with Crippen LogP contribution in [0.3, 0.4) is 0 Å². The number of alkyl halides is 2. The van der Waals surface area contributed by atoms with E-state index in [1.807, 2.05) is 70.2 Å². The Morgan fingerprint density at radius 1 is 0.985 bits per heavy atom. The molecule has 7 rings (SSSR count). The van der Waals surface area contributed by atoms with Crippen molar-refractivity contribution in [3.05, 3.63) is 60.7 Å². The van der Waals surface area contributed by atoms with Gasteiger partial charge in [-0.05, 0) is 120 Å². The first-order chi connectivity index (χ1) is 31.0. The predicted molar refractivity (Wildman–Crippen MR) is 244 cm³/mol. The van der Waals surface area contributed by atoms with E-state index in [1.54, 1.807) is 25.3 Å². The van der Waals surface area contributed by atoms with Gasteiger partial charge < -0.3 is 23.8 Å². The molecule has 2 saturated carbocycles. The highest BCUT2D eigenvalue weighted by atomic mass is 32.2. The number of hydrogen-bond donors (Lipinski definition) is 1. The van der Waals surface area contributed by atoms with E-state index in [4.69, 9.17) is 23.9 Å². The highest BCUT2D eigenvalue weighted by molar-refractivity contribution is 7.90. The van der Waals surface area contributed by atoms with Gasteiger partial charge in [-0.3, -0.25) is 23.9 Å². The topological polar surface area (TPSA) is 168 Å². The molecule has 13 nitrogen and oxygen atoms in total. The van der Waals surface area contributed by atoms with Gasteiger partial charge in [0.2, 0.25) is 21.8 Å². The fourth-order valence-electron chi connectivity index (χ4n) is 9.29. The molecule has 0 bridgehead atoms. The summed E-state index contributed by atoms with van der Waals surface area (Å²) < 4.78 is 81.1. The molecule has 1 N–H and O–H groups in total. The van der Waals surface area contributed by atoms with Crippen molar-refractivity contribution in [2.24, 2.45) is 29.1 Å². The standard InChI is InChI=1S/C50H63F2N3O10S/c1-29(2)63-34-15-13-32(14-16-34)40-25-44(38-20-17-35(62-8)22-41(38)53-40)64-36-23-42-43(56)27-50(47(59)54-66(60,61)37-18-19-37)26-33(50)12-10-9-11-30(3)21-31(4)39(46(58)55(42)28-36)24-45(57)65-48(5,6)49(7,51)52/h10,12-17,20,22,25,29-31,33,36-37,39,42H,9,11,18-19,21,23-24,26-28H2,1-8H3,(H,54,59)/b12-10-/t30-,31-,33-,36-,39+,42+,50-/m1/s1. The van der Waals surface area contributed by atoms with Gasteiger partial charge >= 0.3 is 5.97 Å². The van der Waals surface area contributed by atoms with Crippen LogP contribution >= 0.6 is 0 Å². The average molecular weight is 936 g/mol. The number of halogens is 2. The van der Waals surface area contributed by atoms with Gasteiger partial charge in [0.05, 0.1) is 60.0 Å². The molecule has 3 fully saturated rings. The van der Waals surface area contributed by atoms with Crippen molar-refractivity contribution in [2.45, 2.75) is 141 Å². The number of amides is 2. The number of allylic oxidation sites excluding steroid dienone is 2. The number of ether oxygens (including phenoxy) is 4. The van der Waals surface area contributed by atoms with Crippen LogP contribution in [-0.4, -0.2) is 90.5 Å². The van der Waals surface area contributed by atoms with E-state index in [2.05, 4.69) is 4.72 Å². The molecule has 2 amide bonds. The number of nitrogens with one attached hydrogen (secondary N) is 1. The summed E-state index contributed by atoms with van der Waals surface area (Å²) in [6.45, 7) is 10.6. The van der Waals surface area contributed by atoms with Crippen LogP contribution in [0.1, 0.15) is 106 Å². The molecule has 2 aromatic carbocycles. The maximum Gasteiger partial charge on any atom is 0.307 e. The summed E-state index contributed by atoms with van der Waals surface area (Å²) in [7, 11) is -2.38. The fraction of sp³-hybridized carbons (Fsp3) is 0.580. The van der Waals surface area contributed by atoms with Gasteiger partial charge in [-0.1, -0.05) is 26.0 Å². The van der Waals surface area contributed by atoms with Gasteiger partial charge in [0.15, 0.2) is 11.4 Å². The van der Waals surface area contributed by atoms with Crippen LogP contribution in [-0.2, 0) is 33.9 Å². The monoisotopic (exact) mass is 935 g/mol. The molecular formula is C50H63F2N3O10S. The van der Waals surface area contributed by atoms with Crippen LogP contribution in [0.15, 0.2) is 60.7 Å². The van der Waals surface area contributed by atoms with E-state index in [9.17, 15) is 31.6 Å². The molecule has 16 heteroatoms. The number of ketones is 1. The number of methoxy groups -OCH3 is 1. The number of aromatic nitrogens is 1. The summed E-state index contributed by atoms with van der Waals surface area (Å²) in [5, 5.41) is -0.0187. The molecule has 358 valence electrons. The van der Waals surface area contributed by atoms with Crippen LogP contribution in [0.4, 0.5) is 8.78 Å². The summed E-state index contributed by atoms with van der Waals surface area (Å²) in [6.07, 6.45) is 5.19. The number of benzene rings is 2. The molecule has 0 spiro atoms. The SMILES string of the molecule is COc1ccc2c(O[C@@H]3C[C@H]4C(=O)C[C@]5(C(=O)NS(=O)(=O)C6CC6)C[C@H]5/C=C\CC[C@@H](C)C[C@@H](C)[C@H](CC(=O)OC(C)(C)C(C)(F)F)C(=O)N4C3)cc(-c3ccc(OC(C)C)cc3)nc2c1. The maximum atomic E-state index is 15.2. The fourth-order valence-corrected chi connectivity index (χ4v) is 10.7. The Morgan fingerprint density at radius 3 is 2.33 bits per heavy atom. The minimum Gasteiger partial charge on any atom is -0.497 e. The number of pyridine rings is 1. The Balaban J connectivity index is 1.26. The van der Waals surface area contributed by atoms with Crippen molar-refractivity contribution in [3.63, 3.8) is 0 Å². The molecule has 2 aliphatic heterocycles. The van der Waals surface area contributed by atoms with Crippen molar-refractivity contribution in [3.8, 4) is 28.5 Å². The number of Topliss-reactive ketones (excluding diaryl/α,β-unsaturated/α-hetero) is 1. The Kier molecular flexibility index (Phi) is 14.0. The molecule has 66 heavy (non-hydrogen) atoms. The summed E-state index contributed by atoms with van der Waals surface area (Å²) >= 11 is 0. The lowest BCUT2D eigenvalue weighted by Crippen LogP contribution is -2.48. The van der Waals surface area contributed by atoms with E-state index in [-0.39, 0.29) is 37.8 Å². The molecule has 0 radical (unpaired) electrons. The second-order valence-corrected chi connectivity index (χ2v) is 21.8. The molecule has 4 aliphatic rings. The Labute approximate surface area is 386 Å². The van der Waals surface area contributed by atoms with Gasteiger partial charge in [0, 0.05) is 42.8 Å². The molecule has 3 aromatic rings. The van der Waals surface area contributed by atoms with Crippen molar-refractivity contribution in [2.75, 3.05) is 13.7 Å². The van der Waals surface area contributed by atoms with Crippen LogP contribution < -0.4 is 18.9 Å². The number of hydrogen-bond acceptors (Lipinski definition) is 11. The third-order valence-corrected chi connectivity index (χ3v) is 15.6. The molecule has 2 aliphatic carbocycles. The van der Waals surface area contributed by atoms with Crippen molar-refractivity contribution >= 4 is 44.5 Å². The number of carbonyl (C=O) groups excluding carboxylic acids is 4. The Bertz CT molecular complexity index is 2470. The van der Waals surface area contributed by atoms with Crippen LogP contribution in [0.2, 0.25) is 0 Å². The maximum absolute atomic E-state index is 15.2. The third-order valence-electron chi connectivity index (χ3n) is 13.8. The number of nitrogens with zero attached hydrogens (tertiary/aromatic N) is 2. The lowest BCUT2D eigenvalue weighted by Gasteiger charge is -2.34. The molecule has 3 heterocycles. The smallest absolute Gasteiger partial charge is 0.307 e. The number of carbonyl (C=O) groups is 4. The van der Waals surface area contributed by atoms with Crippen LogP contribution in [0.25, 0.3) is 22.2 Å². The van der Waals surface area contributed by atoms with E-state index >= 15 is 4.79 Å². The second-order valence-electron chi connectivity index (χ2n) is 19.9. The van der Waals surface area contributed by atoms with Crippen LogP contribution in [0.5, 0.6) is 17.2 Å². The lowest BCUT2D eigenvalue weighted by atomic mass is 9.82. The summed E-state index contributed by atoms with van der Waals surface area (Å²) in [4.78, 5) is 64.1. The molecule has 7 atom stereocenters. The van der Waals surface area contributed by atoms with E-state index < -0.39 is 92.1 Å². The van der Waals surface area contributed by atoms with Gasteiger partial charge in [0.1, 0.15) is 23.4 Å². The van der Waals surface area contributed by atoms with E-state index in [1.165, 1.54) is 4.90 Å². The quantitative estimate of drug-likeness (QED) is 0.129. The van der Waals surface area contributed by atoms with Crippen molar-refractivity contribution in [1.29, 1.82) is 0 Å². The minimum absolute atomic E-state index is 0.0106. The van der Waals surface area contributed by atoms with Crippen LogP contribution in [0, 0.1) is 29.1 Å². The second kappa shape index (κ2) is 18.9. The third kappa shape index (κ3) is 10.8. The summed E-state index contributed by atoms with van der Waals surface area (Å²) in [5.41, 5.74) is -1.61. The zero-order valence-corrected chi connectivity index (χ0v) is 39.9. The first-order valence-corrected chi connectivity index (χ1v) is 24.6. The van der Waals surface area contributed by atoms with E-state index in [0.29, 0.717) is 72.9 Å². The zero-order valence-electron chi connectivity index (χ0n) is 39.1. The van der Waals surface area contributed by atoms with Gasteiger partial charge in [-0.2, -0.15) is 0 Å². The Morgan fingerprint density at radius 2 is 1.68 bits per heavy atom. The van der Waals surface area contributed by atoms with Gasteiger partial charge in [-0.25, -0.2) is 22.2 Å². The summed E-state index contributed by atoms with van der Waals surface area (Å²) in [5.74, 6) is -6.25. The minimum atomic E-state index is -3.94. The van der Waals surface area contributed by atoms with Gasteiger partial charge in [-0.15, -0.1) is 0 Å². The Hall–Kier alpha value is -5.12. The number of fused-ring (bicyclic) bond motifs is 3. The highest BCUT2D eigenvalue weighted by Crippen LogP contribution is 2.57. The van der Waals surface area contributed by atoms with E-state index in [0.717, 1.165) is 19.4 Å². The molecule has 1 aromatic heterocycles. The summed E-state index contributed by atoms with van der Waals surface area (Å²) in [6, 6.07) is 13.5. The molecule has 1 saturated heterocycles. The predicted octanol–water partition coefficient (Wildman–Crippen LogP) is 8.62. The molecular weight excluding hydrogens is 873 g/mol.